The van der Waals surface area contributed by atoms with Crippen LogP contribution >= 0.6 is 0 Å². The van der Waals surface area contributed by atoms with Crippen LogP contribution in [-0.4, -0.2) is 78.1 Å². The van der Waals surface area contributed by atoms with Crippen LogP contribution in [0, 0.1) is 0 Å². The van der Waals surface area contributed by atoms with Crippen LogP contribution in [0.3, 0.4) is 0 Å². The second-order valence-corrected chi connectivity index (χ2v) is 12.4. The number of H-pyrrole nitrogens is 1. The van der Waals surface area contributed by atoms with E-state index in [2.05, 4.69) is 44.0 Å². The highest BCUT2D eigenvalue weighted by Crippen LogP contribution is 2.37. The number of nitrogens with one attached hydrogen (secondary N) is 1. The summed E-state index contributed by atoms with van der Waals surface area (Å²) in [5, 5.41) is 0.583. The largest absolute Gasteiger partial charge is 0.493 e. The van der Waals surface area contributed by atoms with Gasteiger partial charge in [0, 0.05) is 42.5 Å². The number of imidazole rings is 1. The smallest absolute Gasteiger partial charge is 0.345 e. The topological polar surface area (TPSA) is 108 Å². The van der Waals surface area contributed by atoms with E-state index in [9.17, 15) is 22.8 Å². The lowest BCUT2D eigenvalue weighted by Gasteiger charge is -2.37. The molecule has 3 aromatic carbocycles. The molecule has 1 aliphatic carbocycles. The molecule has 0 bridgehead atoms. The van der Waals surface area contributed by atoms with Crippen molar-refractivity contribution in [1.82, 2.24) is 34.8 Å². The number of aromatic amines is 1. The van der Waals surface area contributed by atoms with Crippen molar-refractivity contribution in [2.75, 3.05) is 13.1 Å². The lowest BCUT2D eigenvalue weighted by molar-refractivity contribution is -0.230. The molecule has 5 aromatic rings. The molecule has 49 heavy (non-hydrogen) atoms. The van der Waals surface area contributed by atoms with E-state index in [1.54, 1.807) is 24.6 Å². The van der Waals surface area contributed by atoms with Gasteiger partial charge in [0.25, 0.3) is 0 Å². The zero-order valence-electron chi connectivity index (χ0n) is 26.1. The highest BCUT2D eigenvalue weighted by molar-refractivity contribution is 5.94. The van der Waals surface area contributed by atoms with E-state index in [0.29, 0.717) is 43.2 Å². The van der Waals surface area contributed by atoms with Gasteiger partial charge in [0.15, 0.2) is 0 Å². The Hall–Kier alpha value is -5.56. The van der Waals surface area contributed by atoms with E-state index in [1.165, 1.54) is 4.90 Å². The van der Waals surface area contributed by atoms with Gasteiger partial charge in [-0.05, 0) is 43.0 Å². The molecule has 0 radical (unpaired) electrons. The van der Waals surface area contributed by atoms with Gasteiger partial charge in [-0.25, -0.2) is 24.5 Å². The minimum absolute atomic E-state index is 0.230. The van der Waals surface area contributed by atoms with Crippen molar-refractivity contribution >= 4 is 34.1 Å². The zero-order chi connectivity index (χ0) is 33.7. The molecule has 1 atom stereocenters. The molecule has 248 valence electrons. The quantitative estimate of drug-likeness (QED) is 0.213. The van der Waals surface area contributed by atoms with Gasteiger partial charge in [-0.1, -0.05) is 66.7 Å². The number of hydrogen-bond acceptors (Lipinski definition) is 7. The molecule has 0 saturated carbocycles. The van der Waals surface area contributed by atoms with E-state index in [1.807, 2.05) is 42.5 Å². The first-order valence-electron chi connectivity index (χ1n) is 16.0. The number of carbonyl (C=O) groups excluding carboxylic acids is 2. The number of rotatable bonds is 6. The number of piperidine rings is 1. The number of fused-ring (bicyclic) bond motifs is 3. The number of hydroxylamine groups is 2. The third-order valence-electron chi connectivity index (χ3n) is 9.28. The first-order chi connectivity index (χ1) is 23.7. The molecule has 1 unspecified atom stereocenters. The van der Waals surface area contributed by atoms with Gasteiger partial charge < -0.3 is 9.82 Å². The third kappa shape index (κ3) is 5.79. The monoisotopic (exact) mass is 665 g/mol. The predicted molar refractivity (Wildman–Crippen MR) is 175 cm³/mol. The minimum Gasteiger partial charge on any atom is -0.345 e. The van der Waals surface area contributed by atoms with E-state index < -0.39 is 24.2 Å². The van der Waals surface area contributed by atoms with Gasteiger partial charge in [-0.15, -0.1) is 5.06 Å². The number of halogens is 3. The lowest BCUT2D eigenvalue weighted by atomic mass is 9.99. The Bertz CT molecular complexity index is 2120. The second kappa shape index (κ2) is 12.2. The Morgan fingerprint density at radius 3 is 2.33 bits per heavy atom. The first kappa shape index (κ1) is 30.8. The van der Waals surface area contributed by atoms with Crippen molar-refractivity contribution in [3.63, 3.8) is 0 Å². The van der Waals surface area contributed by atoms with Crippen molar-refractivity contribution in [2.45, 2.75) is 44.1 Å². The van der Waals surface area contributed by atoms with Crippen LogP contribution in [0.5, 0.6) is 0 Å². The molecule has 0 spiro atoms. The molecule has 2 aromatic heterocycles. The normalized spacial score (nSPS) is 18.7. The van der Waals surface area contributed by atoms with Gasteiger partial charge in [-0.2, -0.15) is 13.2 Å². The molecule has 2 aliphatic heterocycles. The Labute approximate surface area is 278 Å². The summed E-state index contributed by atoms with van der Waals surface area (Å²) in [5.74, 6) is -2.41. The van der Waals surface area contributed by atoms with Gasteiger partial charge in [0.2, 0.25) is 0 Å². The number of benzene rings is 3. The Morgan fingerprint density at radius 1 is 0.918 bits per heavy atom. The summed E-state index contributed by atoms with van der Waals surface area (Å²) >= 11 is 0. The van der Waals surface area contributed by atoms with Crippen molar-refractivity contribution < 1.29 is 27.6 Å². The highest BCUT2D eigenvalue weighted by Gasteiger charge is 2.51. The van der Waals surface area contributed by atoms with Crippen molar-refractivity contribution in [3.05, 3.63) is 103 Å². The molecule has 2 amide bonds. The maximum absolute atomic E-state index is 13.3. The number of carbonyl (C=O) groups is 2. The molecule has 3 aliphatic rings. The number of allylic oxidation sites excluding steroid dienone is 2. The fourth-order valence-electron chi connectivity index (χ4n) is 6.87. The summed E-state index contributed by atoms with van der Waals surface area (Å²) in [6, 6.07) is 20.4. The number of amides is 2. The van der Waals surface area contributed by atoms with Gasteiger partial charge in [0.1, 0.15) is 6.04 Å². The molecule has 1 N–H and O–H groups in total. The van der Waals surface area contributed by atoms with Gasteiger partial charge in [0.05, 0.1) is 39.8 Å². The third-order valence-corrected chi connectivity index (χ3v) is 9.28. The van der Waals surface area contributed by atoms with Crippen LogP contribution in [0.15, 0.2) is 97.0 Å². The number of hydrogen-bond donors (Lipinski definition) is 1. The van der Waals surface area contributed by atoms with Crippen LogP contribution in [-0.2, 0) is 16.2 Å². The molecular formula is C36H30F3N7O3. The maximum Gasteiger partial charge on any atom is 0.493 e. The number of alkyl halides is 3. The van der Waals surface area contributed by atoms with E-state index in [0.717, 1.165) is 50.1 Å². The predicted octanol–water partition coefficient (Wildman–Crippen LogP) is 6.78. The SMILES string of the molecule is O=C1N(OC(=O)C(F)(F)F)C2CC=CC=C2N1C1CCN(Cc2ccc(-c3nc4cc5[nH]cnc5cc4nc3-c3ccccc3)cc2)CC1. The van der Waals surface area contributed by atoms with Crippen LogP contribution in [0.1, 0.15) is 24.8 Å². The summed E-state index contributed by atoms with van der Waals surface area (Å²) < 4.78 is 38.8. The average molecular weight is 666 g/mol. The Morgan fingerprint density at radius 2 is 1.61 bits per heavy atom. The van der Waals surface area contributed by atoms with E-state index in [-0.39, 0.29) is 12.5 Å². The highest BCUT2D eigenvalue weighted by atomic mass is 19.4. The number of nitrogens with zero attached hydrogens (tertiary/aromatic N) is 6. The molecule has 13 heteroatoms. The average Bonchev–Trinajstić information content (AvgIpc) is 3.68. The maximum atomic E-state index is 13.3. The molecule has 2 saturated heterocycles. The lowest BCUT2D eigenvalue weighted by Crippen LogP contribution is -2.46. The summed E-state index contributed by atoms with van der Waals surface area (Å²) in [6.07, 6.45) is 3.18. The molecular weight excluding hydrogens is 635 g/mol. The van der Waals surface area contributed by atoms with E-state index in [4.69, 9.17) is 9.97 Å². The van der Waals surface area contributed by atoms with Crippen LogP contribution in [0.2, 0.25) is 0 Å². The molecule has 10 nitrogen and oxygen atoms in total. The standard InChI is InChI=1S/C36H30F3N7O3/c37-36(38,39)34(47)49-46-31-9-5-4-8-30(31)45(35(46)48)25-14-16-44(17-15-25)20-22-10-12-24(13-11-22)33-32(23-6-2-1-3-7-23)42-28-18-26-27(41-21-40-26)19-29(28)43-33/h1-8,10-13,18-19,21,25,31H,9,14-17,20H2,(H,40,41). The van der Waals surface area contributed by atoms with Crippen LogP contribution in [0.4, 0.5) is 18.0 Å². The Kier molecular flexibility index (Phi) is 7.63. The number of aromatic nitrogens is 4. The molecule has 8 rings (SSSR count). The summed E-state index contributed by atoms with van der Waals surface area (Å²) in [4.78, 5) is 50.9. The van der Waals surface area contributed by atoms with Crippen molar-refractivity contribution in [3.8, 4) is 22.5 Å². The first-order valence-corrected chi connectivity index (χ1v) is 16.0. The fourth-order valence-corrected chi connectivity index (χ4v) is 6.87. The van der Waals surface area contributed by atoms with Crippen LogP contribution in [0.25, 0.3) is 44.6 Å². The van der Waals surface area contributed by atoms with Crippen molar-refractivity contribution in [2.24, 2.45) is 0 Å². The molecule has 2 fully saturated rings. The summed E-state index contributed by atoms with van der Waals surface area (Å²) in [5.41, 5.74) is 8.38. The summed E-state index contributed by atoms with van der Waals surface area (Å²) in [6.45, 7) is 2.06. The van der Waals surface area contributed by atoms with Crippen LogP contribution < -0.4 is 0 Å². The fraction of sp³-hybridized carbons (Fsp3) is 0.250. The second-order valence-electron chi connectivity index (χ2n) is 12.4. The minimum atomic E-state index is -5.20. The van der Waals surface area contributed by atoms with E-state index >= 15 is 0 Å². The summed E-state index contributed by atoms with van der Waals surface area (Å²) in [7, 11) is 0. The zero-order valence-corrected chi connectivity index (χ0v) is 26.1. The van der Waals surface area contributed by atoms with Gasteiger partial charge in [-0.3, -0.25) is 9.80 Å². The van der Waals surface area contributed by atoms with Crippen molar-refractivity contribution in [1.29, 1.82) is 0 Å². The Balaban J connectivity index is 0.976. The van der Waals surface area contributed by atoms with Gasteiger partial charge >= 0.3 is 18.2 Å². The number of likely N-dealkylation sites (tertiary alicyclic amines) is 1. The molecule has 4 heterocycles. The number of urea groups is 1.